The Morgan fingerprint density at radius 3 is 2.71 bits per heavy atom. The Hall–Kier alpha value is -2.78. The number of imidazole rings is 1. The van der Waals surface area contributed by atoms with E-state index in [1.165, 1.54) is 10.7 Å². The van der Waals surface area contributed by atoms with Gasteiger partial charge in [0.05, 0.1) is 19.0 Å². The number of benzene rings is 1. The predicted molar refractivity (Wildman–Crippen MR) is 92.4 cm³/mol. The summed E-state index contributed by atoms with van der Waals surface area (Å²) >= 11 is 6.14. The van der Waals surface area contributed by atoms with E-state index < -0.39 is 0 Å². The molecule has 0 N–H and O–H groups in total. The highest BCUT2D eigenvalue weighted by molar-refractivity contribution is 6.29. The normalized spacial score (nSPS) is 10.6. The third kappa shape index (κ3) is 2.99. The van der Waals surface area contributed by atoms with Crippen LogP contribution in [0.25, 0.3) is 5.65 Å². The Bertz CT molecular complexity index is 898. The third-order valence-corrected chi connectivity index (χ3v) is 3.97. The van der Waals surface area contributed by atoms with E-state index in [2.05, 4.69) is 28.0 Å². The zero-order valence-corrected chi connectivity index (χ0v) is 14.2. The molecule has 0 fully saturated rings. The summed E-state index contributed by atoms with van der Waals surface area (Å²) in [7, 11) is 1.65. The van der Waals surface area contributed by atoms with Crippen LogP contribution in [0, 0.1) is 11.3 Å². The fourth-order valence-corrected chi connectivity index (χ4v) is 2.73. The summed E-state index contributed by atoms with van der Waals surface area (Å²) in [6.45, 7) is 3.50. The Morgan fingerprint density at radius 2 is 2.08 bits per heavy atom. The van der Waals surface area contributed by atoms with Gasteiger partial charge in [-0.05, 0) is 24.6 Å². The number of methoxy groups -OCH3 is 1. The summed E-state index contributed by atoms with van der Waals surface area (Å²) < 4.78 is 6.67. The van der Waals surface area contributed by atoms with Gasteiger partial charge in [-0.1, -0.05) is 23.7 Å². The maximum Gasteiger partial charge on any atom is 0.178 e. The van der Waals surface area contributed by atoms with Crippen molar-refractivity contribution >= 4 is 22.9 Å². The molecule has 2 aromatic heterocycles. The van der Waals surface area contributed by atoms with E-state index in [4.69, 9.17) is 21.6 Å². The van der Waals surface area contributed by atoms with Gasteiger partial charge in [0, 0.05) is 19.2 Å². The molecule has 7 heteroatoms. The van der Waals surface area contributed by atoms with E-state index in [1.807, 2.05) is 24.3 Å². The first-order chi connectivity index (χ1) is 11.7. The number of rotatable bonds is 5. The maximum absolute atomic E-state index is 9.17. The topological polar surface area (TPSA) is 66.5 Å². The molecule has 0 radical (unpaired) electrons. The molecule has 3 aromatic rings. The molecular weight excluding hydrogens is 326 g/mol. The van der Waals surface area contributed by atoms with Crippen molar-refractivity contribution in [2.45, 2.75) is 13.5 Å². The first-order valence-electron chi connectivity index (χ1n) is 7.48. The highest BCUT2D eigenvalue weighted by Crippen LogP contribution is 2.26. The lowest BCUT2D eigenvalue weighted by Gasteiger charge is -2.23. The quantitative estimate of drug-likeness (QED) is 0.712. The molecule has 0 unspecified atom stereocenters. The summed E-state index contributed by atoms with van der Waals surface area (Å²) in [4.78, 5) is 6.46. The van der Waals surface area contributed by atoms with Crippen LogP contribution in [0.5, 0.6) is 5.75 Å². The Balaban J connectivity index is 1.99. The molecule has 0 aliphatic rings. The van der Waals surface area contributed by atoms with Crippen molar-refractivity contribution in [1.29, 1.82) is 5.26 Å². The zero-order valence-electron chi connectivity index (χ0n) is 13.4. The van der Waals surface area contributed by atoms with E-state index >= 15 is 0 Å². The van der Waals surface area contributed by atoms with Crippen molar-refractivity contribution in [3.63, 3.8) is 0 Å². The van der Waals surface area contributed by atoms with Gasteiger partial charge >= 0.3 is 0 Å². The third-order valence-electron chi connectivity index (χ3n) is 3.79. The maximum atomic E-state index is 9.17. The van der Waals surface area contributed by atoms with Crippen molar-refractivity contribution in [3.8, 4) is 11.8 Å². The standard InChI is InChI=1S/C17H16ClN5O/c1-3-22(11-12-4-6-14(24-2)7-5-12)15-8-16(18)21-23-13(9-19)10-20-17(15)23/h4-8,10H,3,11H2,1-2H3. The van der Waals surface area contributed by atoms with E-state index in [1.54, 1.807) is 13.2 Å². The second-order valence-electron chi connectivity index (χ2n) is 5.21. The van der Waals surface area contributed by atoms with E-state index in [-0.39, 0.29) is 0 Å². The van der Waals surface area contributed by atoms with E-state index in [0.29, 0.717) is 23.0 Å². The average molecular weight is 342 g/mol. The molecule has 0 saturated carbocycles. The molecule has 0 saturated heterocycles. The van der Waals surface area contributed by atoms with Gasteiger partial charge in [0.25, 0.3) is 0 Å². The fraction of sp³-hybridized carbons (Fsp3) is 0.235. The van der Waals surface area contributed by atoms with Gasteiger partial charge in [-0.3, -0.25) is 0 Å². The lowest BCUT2D eigenvalue weighted by molar-refractivity contribution is 0.414. The molecule has 24 heavy (non-hydrogen) atoms. The van der Waals surface area contributed by atoms with Gasteiger partial charge in [-0.2, -0.15) is 14.9 Å². The molecule has 0 amide bonds. The van der Waals surface area contributed by atoms with Crippen molar-refractivity contribution in [2.24, 2.45) is 0 Å². The van der Waals surface area contributed by atoms with Gasteiger partial charge in [0.2, 0.25) is 0 Å². The van der Waals surface area contributed by atoms with Crippen LogP contribution in [0.2, 0.25) is 5.15 Å². The SMILES string of the molecule is CCN(Cc1ccc(OC)cc1)c1cc(Cl)nn2c(C#N)cnc12. The number of hydrogen-bond acceptors (Lipinski definition) is 5. The highest BCUT2D eigenvalue weighted by Gasteiger charge is 2.15. The molecule has 0 bridgehead atoms. The van der Waals surface area contributed by atoms with Gasteiger partial charge in [-0.25, -0.2) is 4.98 Å². The number of fused-ring (bicyclic) bond motifs is 1. The first kappa shape index (κ1) is 16.1. The van der Waals surface area contributed by atoms with Crippen LogP contribution in [-0.4, -0.2) is 28.3 Å². The molecule has 122 valence electrons. The van der Waals surface area contributed by atoms with Crippen molar-refractivity contribution in [2.75, 3.05) is 18.6 Å². The van der Waals surface area contributed by atoms with Crippen LogP contribution >= 0.6 is 11.6 Å². The van der Waals surface area contributed by atoms with Gasteiger partial charge < -0.3 is 9.64 Å². The number of hydrogen-bond donors (Lipinski definition) is 0. The smallest absolute Gasteiger partial charge is 0.178 e. The minimum Gasteiger partial charge on any atom is -0.497 e. The number of ether oxygens (including phenoxy) is 1. The molecule has 0 atom stereocenters. The Labute approximate surface area is 144 Å². The second kappa shape index (κ2) is 6.77. The number of aromatic nitrogens is 3. The zero-order chi connectivity index (χ0) is 17.1. The summed E-state index contributed by atoms with van der Waals surface area (Å²) in [6, 6.07) is 11.8. The molecule has 6 nitrogen and oxygen atoms in total. The monoisotopic (exact) mass is 341 g/mol. The van der Waals surface area contributed by atoms with Gasteiger partial charge in [0.1, 0.15) is 11.8 Å². The number of nitriles is 1. The number of halogens is 1. The summed E-state index contributed by atoms with van der Waals surface area (Å²) in [6.07, 6.45) is 1.50. The summed E-state index contributed by atoms with van der Waals surface area (Å²) in [5.74, 6) is 0.822. The molecule has 1 aromatic carbocycles. The lowest BCUT2D eigenvalue weighted by atomic mass is 10.2. The van der Waals surface area contributed by atoms with E-state index in [0.717, 1.165) is 23.5 Å². The Morgan fingerprint density at radius 1 is 1.33 bits per heavy atom. The minimum atomic E-state index is 0.320. The molecule has 0 aliphatic carbocycles. The van der Waals surface area contributed by atoms with E-state index in [9.17, 15) is 0 Å². The summed E-state index contributed by atoms with van der Waals surface area (Å²) in [5.41, 5.74) is 2.95. The summed E-state index contributed by atoms with van der Waals surface area (Å²) in [5, 5.41) is 13.7. The van der Waals surface area contributed by atoms with Crippen LogP contribution in [0.1, 0.15) is 18.2 Å². The molecule has 3 rings (SSSR count). The van der Waals surface area contributed by atoms with Gasteiger partial charge in [0.15, 0.2) is 16.5 Å². The molecule has 0 aliphatic heterocycles. The van der Waals surface area contributed by atoms with Crippen molar-refractivity contribution < 1.29 is 4.74 Å². The minimum absolute atomic E-state index is 0.320. The van der Waals surface area contributed by atoms with Crippen LogP contribution in [0.3, 0.4) is 0 Å². The largest absolute Gasteiger partial charge is 0.497 e. The van der Waals surface area contributed by atoms with Crippen molar-refractivity contribution in [1.82, 2.24) is 14.6 Å². The number of nitrogens with zero attached hydrogens (tertiary/aromatic N) is 5. The van der Waals surface area contributed by atoms with Gasteiger partial charge in [-0.15, -0.1) is 0 Å². The molecule has 0 spiro atoms. The predicted octanol–water partition coefficient (Wildman–Crippen LogP) is 3.29. The first-order valence-corrected chi connectivity index (χ1v) is 7.86. The number of anilines is 1. The molecule has 2 heterocycles. The van der Waals surface area contributed by atoms with Crippen molar-refractivity contribution in [3.05, 3.63) is 52.9 Å². The Kier molecular flexibility index (Phi) is 4.54. The van der Waals surface area contributed by atoms with Crippen LogP contribution in [-0.2, 0) is 6.54 Å². The fourth-order valence-electron chi connectivity index (χ4n) is 2.55. The van der Waals surface area contributed by atoms with Crippen LogP contribution in [0.15, 0.2) is 36.5 Å². The highest BCUT2D eigenvalue weighted by atomic mass is 35.5. The van der Waals surface area contributed by atoms with Crippen LogP contribution < -0.4 is 9.64 Å². The average Bonchev–Trinajstić information content (AvgIpc) is 3.02. The second-order valence-corrected chi connectivity index (χ2v) is 5.59. The van der Waals surface area contributed by atoms with Crippen LogP contribution in [0.4, 0.5) is 5.69 Å². The lowest BCUT2D eigenvalue weighted by Crippen LogP contribution is -2.23. The molecular formula is C17H16ClN5O.